The second kappa shape index (κ2) is 9.24. The second-order valence-electron chi connectivity index (χ2n) is 8.36. The van der Waals surface area contributed by atoms with Crippen LogP contribution in [0.4, 0.5) is 0 Å². The molecule has 0 unspecified atom stereocenters. The highest BCUT2D eigenvalue weighted by molar-refractivity contribution is 7.99. The molecule has 0 spiro atoms. The third-order valence-electron chi connectivity index (χ3n) is 5.99. The molecule has 2 aromatic carbocycles. The minimum absolute atomic E-state index is 0.0433. The molecule has 0 atom stereocenters. The maximum absolute atomic E-state index is 12.6. The van der Waals surface area contributed by atoms with Crippen LogP contribution in [0.3, 0.4) is 0 Å². The smallest absolute Gasteiger partial charge is 0.231 e. The van der Waals surface area contributed by atoms with Gasteiger partial charge in [-0.05, 0) is 61.9 Å². The van der Waals surface area contributed by atoms with Crippen molar-refractivity contribution in [1.29, 1.82) is 0 Å². The molecule has 1 aromatic heterocycles. The molecular formula is C24H26N4O3S. The van der Waals surface area contributed by atoms with Crippen molar-refractivity contribution in [1.82, 2.24) is 20.1 Å². The highest BCUT2D eigenvalue weighted by atomic mass is 32.2. The Morgan fingerprint density at radius 2 is 1.84 bits per heavy atom. The van der Waals surface area contributed by atoms with Crippen LogP contribution >= 0.6 is 11.8 Å². The third kappa shape index (κ3) is 4.46. The minimum atomic E-state index is 0.0433. The lowest BCUT2D eigenvalue weighted by atomic mass is 9.87. The number of hydrogen-bond acceptors (Lipinski definition) is 6. The summed E-state index contributed by atoms with van der Waals surface area (Å²) in [5, 5.41) is 12.7. The van der Waals surface area contributed by atoms with E-state index < -0.39 is 0 Å². The van der Waals surface area contributed by atoms with Crippen LogP contribution in [-0.4, -0.2) is 39.3 Å². The molecule has 1 saturated carbocycles. The monoisotopic (exact) mass is 450 g/mol. The lowest BCUT2D eigenvalue weighted by Gasteiger charge is -2.26. The van der Waals surface area contributed by atoms with Crippen LogP contribution < -0.4 is 14.8 Å². The number of carbonyl (C=O) groups is 1. The summed E-state index contributed by atoms with van der Waals surface area (Å²) in [5.41, 5.74) is 1.81. The number of fused-ring (bicyclic) bond motifs is 1. The lowest BCUT2D eigenvalue weighted by molar-refractivity contribution is -0.119. The summed E-state index contributed by atoms with van der Waals surface area (Å²) in [7, 11) is 0. The van der Waals surface area contributed by atoms with Gasteiger partial charge >= 0.3 is 0 Å². The predicted molar refractivity (Wildman–Crippen MR) is 123 cm³/mol. The van der Waals surface area contributed by atoms with Gasteiger partial charge in [-0.1, -0.05) is 36.9 Å². The van der Waals surface area contributed by atoms with Crippen LogP contribution in [-0.2, 0) is 4.79 Å². The Morgan fingerprint density at radius 1 is 1.06 bits per heavy atom. The van der Waals surface area contributed by atoms with Crippen LogP contribution in [0.15, 0.2) is 53.7 Å². The van der Waals surface area contributed by atoms with Crippen molar-refractivity contribution < 1.29 is 14.3 Å². The minimum Gasteiger partial charge on any atom is -0.454 e. The zero-order valence-corrected chi connectivity index (χ0v) is 18.8. The predicted octanol–water partition coefficient (Wildman–Crippen LogP) is 4.45. The fourth-order valence-corrected chi connectivity index (χ4v) is 4.96. The molecule has 0 radical (unpaired) electrons. The first-order chi connectivity index (χ1) is 15.7. The van der Waals surface area contributed by atoms with E-state index in [1.54, 1.807) is 0 Å². The number of carbonyl (C=O) groups excluding carboxylic acids is 1. The molecule has 2 heterocycles. The molecule has 1 N–H and O–H groups in total. The average molecular weight is 451 g/mol. The molecular weight excluding hydrogens is 424 g/mol. The van der Waals surface area contributed by atoms with E-state index in [1.807, 2.05) is 53.1 Å². The van der Waals surface area contributed by atoms with Gasteiger partial charge in [0.2, 0.25) is 12.7 Å². The number of para-hydroxylation sites is 1. The van der Waals surface area contributed by atoms with Crippen molar-refractivity contribution in [2.45, 2.75) is 43.8 Å². The Hall–Kier alpha value is -3.00. The third-order valence-corrected chi connectivity index (χ3v) is 6.92. The fraction of sp³-hybridized carbons (Fsp3) is 0.375. The molecule has 1 fully saturated rings. The largest absolute Gasteiger partial charge is 0.454 e. The fourth-order valence-electron chi connectivity index (χ4n) is 4.20. The van der Waals surface area contributed by atoms with Gasteiger partial charge < -0.3 is 14.8 Å². The number of aromatic nitrogens is 3. The Kier molecular flexibility index (Phi) is 6.03. The quantitative estimate of drug-likeness (QED) is 0.559. The Bertz CT molecular complexity index is 1090. The van der Waals surface area contributed by atoms with E-state index in [0.29, 0.717) is 22.5 Å². The van der Waals surface area contributed by atoms with Crippen molar-refractivity contribution >= 4 is 17.7 Å². The Labute approximate surface area is 191 Å². The van der Waals surface area contributed by atoms with Gasteiger partial charge in [0, 0.05) is 17.3 Å². The number of nitrogens with one attached hydrogen (secondary N) is 1. The van der Waals surface area contributed by atoms with Gasteiger partial charge in [0.05, 0.1) is 5.75 Å². The number of benzene rings is 2. The Balaban J connectivity index is 1.36. The maximum atomic E-state index is 12.6. The molecule has 2 aliphatic rings. The summed E-state index contributed by atoms with van der Waals surface area (Å²) in [6.07, 6.45) is 4.48. The molecule has 8 heteroatoms. The van der Waals surface area contributed by atoms with E-state index >= 15 is 0 Å². The highest BCUT2D eigenvalue weighted by Gasteiger charge is 2.22. The number of rotatable bonds is 6. The number of nitrogens with zero attached hydrogens (tertiary/aromatic N) is 3. The molecule has 1 aliphatic heterocycles. The van der Waals surface area contributed by atoms with E-state index in [4.69, 9.17) is 9.47 Å². The van der Waals surface area contributed by atoms with Crippen molar-refractivity contribution in [3.8, 4) is 28.6 Å². The van der Waals surface area contributed by atoms with E-state index in [2.05, 4.69) is 22.4 Å². The first-order valence-corrected chi connectivity index (χ1v) is 12.0. The Morgan fingerprint density at radius 3 is 2.66 bits per heavy atom. The van der Waals surface area contributed by atoms with Gasteiger partial charge in [-0.3, -0.25) is 9.36 Å². The first-order valence-electron chi connectivity index (χ1n) is 11.0. The van der Waals surface area contributed by atoms with Crippen molar-refractivity contribution in [3.05, 3.63) is 48.5 Å². The van der Waals surface area contributed by atoms with Gasteiger partial charge in [-0.2, -0.15) is 0 Å². The first kappa shape index (κ1) is 20.9. The topological polar surface area (TPSA) is 78.3 Å². The summed E-state index contributed by atoms with van der Waals surface area (Å²) < 4.78 is 12.9. The number of amides is 1. The number of thioether (sulfide) groups is 1. The van der Waals surface area contributed by atoms with E-state index in [-0.39, 0.29) is 18.7 Å². The summed E-state index contributed by atoms with van der Waals surface area (Å²) >= 11 is 1.40. The van der Waals surface area contributed by atoms with Crippen LogP contribution in [0.1, 0.15) is 32.6 Å². The van der Waals surface area contributed by atoms with Crippen LogP contribution in [0, 0.1) is 5.92 Å². The molecule has 7 nitrogen and oxygen atoms in total. The van der Waals surface area contributed by atoms with Crippen molar-refractivity contribution in [2.24, 2.45) is 5.92 Å². The average Bonchev–Trinajstić information content (AvgIpc) is 3.46. The molecule has 3 aromatic rings. The van der Waals surface area contributed by atoms with Crippen LogP contribution in [0.25, 0.3) is 17.1 Å². The molecule has 0 bridgehead atoms. The number of ether oxygens (including phenoxy) is 2. The van der Waals surface area contributed by atoms with E-state index in [9.17, 15) is 4.79 Å². The molecule has 1 amide bonds. The van der Waals surface area contributed by atoms with Gasteiger partial charge in [0.1, 0.15) is 0 Å². The summed E-state index contributed by atoms with van der Waals surface area (Å²) in [4.78, 5) is 12.6. The van der Waals surface area contributed by atoms with Gasteiger partial charge in [-0.15, -0.1) is 10.2 Å². The summed E-state index contributed by atoms with van der Waals surface area (Å²) in [6, 6.07) is 16.0. The molecule has 32 heavy (non-hydrogen) atoms. The normalized spacial score (nSPS) is 19.7. The standard InChI is InChI=1S/C24H26N4O3S/c1-16-7-10-18(11-8-16)25-22(29)14-32-24-27-26-23(28(24)19-5-3-2-4-6-19)17-9-12-20-21(13-17)31-15-30-20/h2-6,9,12-13,16,18H,7-8,10-11,14-15H2,1H3,(H,25,29). The maximum Gasteiger partial charge on any atom is 0.231 e. The summed E-state index contributed by atoms with van der Waals surface area (Å²) in [6.45, 7) is 2.50. The van der Waals surface area contributed by atoms with E-state index in [1.165, 1.54) is 24.6 Å². The van der Waals surface area contributed by atoms with Gasteiger partial charge in [0.15, 0.2) is 22.5 Å². The number of hydrogen-bond donors (Lipinski definition) is 1. The van der Waals surface area contributed by atoms with Crippen molar-refractivity contribution in [2.75, 3.05) is 12.5 Å². The van der Waals surface area contributed by atoms with Gasteiger partial charge in [-0.25, -0.2) is 0 Å². The summed E-state index contributed by atoms with van der Waals surface area (Å²) in [5.74, 6) is 3.22. The zero-order chi connectivity index (χ0) is 21.9. The van der Waals surface area contributed by atoms with Crippen molar-refractivity contribution in [3.63, 3.8) is 0 Å². The lowest BCUT2D eigenvalue weighted by Crippen LogP contribution is -2.38. The molecule has 166 valence electrons. The SMILES string of the molecule is CC1CCC(NC(=O)CSc2nnc(-c3ccc4c(c3)OCO4)n2-c2ccccc2)CC1. The highest BCUT2D eigenvalue weighted by Crippen LogP contribution is 2.37. The van der Waals surface area contributed by atoms with Crippen LogP contribution in [0.5, 0.6) is 11.5 Å². The molecule has 0 saturated heterocycles. The van der Waals surface area contributed by atoms with E-state index in [0.717, 1.165) is 35.8 Å². The molecule has 1 aliphatic carbocycles. The van der Waals surface area contributed by atoms with Crippen LogP contribution in [0.2, 0.25) is 0 Å². The van der Waals surface area contributed by atoms with Gasteiger partial charge in [0.25, 0.3) is 0 Å². The second-order valence-corrected chi connectivity index (χ2v) is 9.30. The molecule has 5 rings (SSSR count). The zero-order valence-electron chi connectivity index (χ0n) is 18.0.